The number of hydrogen-bond donors (Lipinski definition) is 1. The number of hydrogen-bond acceptors (Lipinski definition) is 5. The van der Waals surface area contributed by atoms with Gasteiger partial charge in [-0.05, 0) is 17.7 Å². The van der Waals surface area contributed by atoms with E-state index in [1.54, 1.807) is 18.0 Å². The zero-order chi connectivity index (χ0) is 13.7. The number of carbonyl (C=O) groups is 1. The molecule has 0 atom stereocenters. The van der Waals surface area contributed by atoms with Crippen LogP contribution in [-0.2, 0) is 16.1 Å². The fraction of sp³-hybridized carbons (Fsp3) is 0.250. The number of benzene rings is 1. The lowest BCUT2D eigenvalue weighted by Gasteiger charge is -2.07. The minimum absolute atomic E-state index is 0.0452. The predicted octanol–water partition coefficient (Wildman–Crippen LogP) is 1.59. The molecule has 0 aliphatic carbocycles. The molecule has 6 nitrogen and oxygen atoms in total. The highest BCUT2D eigenvalue weighted by Gasteiger charge is 2.09. The van der Waals surface area contributed by atoms with Gasteiger partial charge in [0.1, 0.15) is 6.33 Å². The van der Waals surface area contributed by atoms with E-state index in [9.17, 15) is 4.79 Å². The Morgan fingerprint density at radius 2 is 2.37 bits per heavy atom. The smallest absolute Gasteiger partial charge is 0.313 e. The lowest BCUT2D eigenvalue weighted by molar-refractivity contribution is -0.133. The van der Waals surface area contributed by atoms with Crippen LogP contribution in [0.15, 0.2) is 35.7 Å². The first-order valence-electron chi connectivity index (χ1n) is 5.53. The van der Waals surface area contributed by atoms with Gasteiger partial charge in [0.2, 0.25) is 0 Å². The highest BCUT2D eigenvalue weighted by atomic mass is 32.2. The molecule has 0 fully saturated rings. The zero-order valence-corrected chi connectivity index (χ0v) is 11.1. The summed E-state index contributed by atoms with van der Waals surface area (Å²) < 4.78 is 6.84. The molecule has 0 radical (unpaired) electrons. The molecule has 2 aromatic rings. The molecule has 0 aliphatic heterocycles. The third kappa shape index (κ3) is 3.55. The van der Waals surface area contributed by atoms with Gasteiger partial charge in [-0.1, -0.05) is 23.9 Å². The Balaban J connectivity index is 2.23. The van der Waals surface area contributed by atoms with Crippen molar-refractivity contribution < 1.29 is 14.6 Å². The average molecular weight is 279 g/mol. The monoisotopic (exact) mass is 279 g/mol. The second-order valence-electron chi connectivity index (χ2n) is 3.77. The number of ether oxygens (including phenoxy) is 1. The molecule has 1 aromatic carbocycles. The maximum absolute atomic E-state index is 10.6. The van der Waals surface area contributed by atoms with E-state index in [0.29, 0.717) is 11.8 Å². The van der Waals surface area contributed by atoms with Crippen molar-refractivity contribution in [1.29, 1.82) is 0 Å². The van der Waals surface area contributed by atoms with Gasteiger partial charge in [-0.2, -0.15) is 0 Å². The van der Waals surface area contributed by atoms with E-state index in [1.165, 1.54) is 0 Å². The lowest BCUT2D eigenvalue weighted by Crippen LogP contribution is -2.01. The number of aromatic nitrogens is 3. The number of rotatable bonds is 6. The van der Waals surface area contributed by atoms with Crippen LogP contribution in [0.3, 0.4) is 0 Å². The van der Waals surface area contributed by atoms with Crippen LogP contribution in [-0.4, -0.2) is 38.7 Å². The molecule has 0 saturated carbocycles. The fourth-order valence-electron chi connectivity index (χ4n) is 1.59. The van der Waals surface area contributed by atoms with Gasteiger partial charge >= 0.3 is 5.97 Å². The molecule has 0 saturated heterocycles. The van der Waals surface area contributed by atoms with Crippen molar-refractivity contribution in [3.05, 3.63) is 36.2 Å². The molecule has 100 valence electrons. The molecule has 2 rings (SSSR count). The standard InChI is InChI=1S/C12H13N3O3S/c1-18-6-9-3-2-4-10(5-9)15-8-13-14-12(15)19-7-11(16)17/h2-5,8H,6-7H2,1H3,(H,16,17). The van der Waals surface area contributed by atoms with Crippen molar-refractivity contribution in [2.45, 2.75) is 11.8 Å². The van der Waals surface area contributed by atoms with Crippen molar-refractivity contribution in [3.63, 3.8) is 0 Å². The van der Waals surface area contributed by atoms with Crippen molar-refractivity contribution >= 4 is 17.7 Å². The van der Waals surface area contributed by atoms with E-state index in [4.69, 9.17) is 9.84 Å². The summed E-state index contributed by atoms with van der Waals surface area (Å²) in [5.74, 6) is -0.927. The van der Waals surface area contributed by atoms with Crippen LogP contribution in [0.1, 0.15) is 5.56 Å². The van der Waals surface area contributed by atoms with Crippen molar-refractivity contribution in [1.82, 2.24) is 14.8 Å². The zero-order valence-electron chi connectivity index (χ0n) is 10.3. The summed E-state index contributed by atoms with van der Waals surface area (Å²) in [7, 11) is 1.64. The van der Waals surface area contributed by atoms with Gasteiger partial charge in [0.05, 0.1) is 12.4 Å². The summed E-state index contributed by atoms with van der Waals surface area (Å²) in [5.41, 5.74) is 1.91. The number of carboxylic acids is 1. The molecule has 7 heteroatoms. The van der Waals surface area contributed by atoms with E-state index < -0.39 is 5.97 Å². The largest absolute Gasteiger partial charge is 0.481 e. The van der Waals surface area contributed by atoms with Crippen molar-refractivity contribution in [2.75, 3.05) is 12.9 Å². The molecule has 0 amide bonds. The molecule has 0 spiro atoms. The van der Waals surface area contributed by atoms with Gasteiger partial charge in [0, 0.05) is 12.8 Å². The quantitative estimate of drug-likeness (QED) is 0.809. The Hall–Kier alpha value is -1.86. The first kappa shape index (κ1) is 13.6. The summed E-state index contributed by atoms with van der Waals surface area (Å²) in [6, 6.07) is 7.74. The summed E-state index contributed by atoms with van der Waals surface area (Å²) in [6.45, 7) is 0.521. The Morgan fingerprint density at radius 1 is 1.53 bits per heavy atom. The van der Waals surface area contributed by atoms with Gasteiger partial charge in [0.15, 0.2) is 5.16 Å². The fourth-order valence-corrected chi connectivity index (χ4v) is 2.24. The molecular formula is C12H13N3O3S. The number of carboxylic acid groups (broad SMARTS) is 1. The summed E-state index contributed by atoms with van der Waals surface area (Å²) in [6.07, 6.45) is 1.57. The topological polar surface area (TPSA) is 77.2 Å². The average Bonchev–Trinajstić information content (AvgIpc) is 2.85. The van der Waals surface area contributed by atoms with Crippen LogP contribution in [0.2, 0.25) is 0 Å². The second kappa shape index (κ2) is 6.35. The molecule has 1 heterocycles. The number of thioether (sulfide) groups is 1. The summed E-state index contributed by atoms with van der Waals surface area (Å²) in [4.78, 5) is 10.6. The third-order valence-electron chi connectivity index (χ3n) is 2.34. The maximum atomic E-state index is 10.6. The van der Waals surface area contributed by atoms with E-state index in [-0.39, 0.29) is 5.75 Å². The highest BCUT2D eigenvalue weighted by Crippen LogP contribution is 2.20. The van der Waals surface area contributed by atoms with Gasteiger partial charge in [-0.3, -0.25) is 9.36 Å². The van der Waals surface area contributed by atoms with Crippen LogP contribution in [0, 0.1) is 0 Å². The van der Waals surface area contributed by atoms with Gasteiger partial charge < -0.3 is 9.84 Å². The number of methoxy groups -OCH3 is 1. The van der Waals surface area contributed by atoms with Crippen molar-refractivity contribution in [3.8, 4) is 5.69 Å². The summed E-state index contributed by atoms with van der Waals surface area (Å²) >= 11 is 1.13. The van der Waals surface area contributed by atoms with Gasteiger partial charge in [-0.25, -0.2) is 0 Å². The molecule has 0 unspecified atom stereocenters. The van der Waals surface area contributed by atoms with E-state index in [0.717, 1.165) is 23.0 Å². The Bertz CT molecular complexity index is 571. The van der Waals surface area contributed by atoms with Gasteiger partial charge in [0.25, 0.3) is 0 Å². The Kier molecular flexibility index (Phi) is 4.53. The van der Waals surface area contributed by atoms with Crippen molar-refractivity contribution in [2.24, 2.45) is 0 Å². The van der Waals surface area contributed by atoms with Crippen LogP contribution in [0.5, 0.6) is 0 Å². The minimum atomic E-state index is -0.882. The van der Waals surface area contributed by atoms with Gasteiger partial charge in [-0.15, -0.1) is 10.2 Å². The minimum Gasteiger partial charge on any atom is -0.481 e. The highest BCUT2D eigenvalue weighted by molar-refractivity contribution is 7.99. The maximum Gasteiger partial charge on any atom is 0.313 e. The van der Waals surface area contributed by atoms with E-state index in [2.05, 4.69) is 10.2 Å². The van der Waals surface area contributed by atoms with Crippen LogP contribution >= 0.6 is 11.8 Å². The molecule has 1 N–H and O–H groups in total. The SMILES string of the molecule is COCc1cccc(-n2cnnc2SCC(=O)O)c1. The predicted molar refractivity (Wildman–Crippen MR) is 70.4 cm³/mol. The number of nitrogens with zero attached hydrogens (tertiary/aromatic N) is 3. The summed E-state index contributed by atoms with van der Waals surface area (Å²) in [5, 5.41) is 17.0. The molecular weight excluding hydrogens is 266 g/mol. The van der Waals surface area contributed by atoms with E-state index in [1.807, 2.05) is 24.3 Å². The molecule has 0 bridgehead atoms. The Morgan fingerprint density at radius 3 is 3.11 bits per heavy atom. The van der Waals surface area contributed by atoms with E-state index >= 15 is 0 Å². The van der Waals surface area contributed by atoms with Crippen LogP contribution in [0.4, 0.5) is 0 Å². The third-order valence-corrected chi connectivity index (χ3v) is 3.27. The van der Waals surface area contributed by atoms with Crippen LogP contribution < -0.4 is 0 Å². The second-order valence-corrected chi connectivity index (χ2v) is 4.71. The molecule has 0 aliphatic rings. The normalized spacial score (nSPS) is 10.6. The molecule has 1 aromatic heterocycles. The lowest BCUT2D eigenvalue weighted by atomic mass is 10.2. The first-order chi connectivity index (χ1) is 9.20. The molecule has 19 heavy (non-hydrogen) atoms. The first-order valence-corrected chi connectivity index (χ1v) is 6.52. The van der Waals surface area contributed by atoms with Crippen LogP contribution in [0.25, 0.3) is 5.69 Å². The Labute approximate surface area is 114 Å². The number of aliphatic carboxylic acids is 1.